The molecule has 0 unspecified atom stereocenters. The van der Waals surface area contributed by atoms with E-state index < -0.39 is 15.8 Å². The lowest BCUT2D eigenvalue weighted by atomic mass is 9.94. The number of fused-ring (bicyclic) bond motifs is 1. The summed E-state index contributed by atoms with van der Waals surface area (Å²) in [7, 11) is -3.65. The van der Waals surface area contributed by atoms with Crippen LogP contribution in [-0.2, 0) is 27.8 Å². The minimum absolute atomic E-state index is 0.0892. The molecule has 0 aromatic heterocycles. The van der Waals surface area contributed by atoms with Crippen LogP contribution < -0.4 is 0 Å². The summed E-state index contributed by atoms with van der Waals surface area (Å²) in [6.45, 7) is 1.95. The number of benzene rings is 2. The molecule has 0 spiro atoms. The third kappa shape index (κ3) is 3.69. The molecule has 2 heterocycles. The van der Waals surface area contributed by atoms with Crippen LogP contribution in [0, 0.1) is 11.7 Å². The second-order valence-electron chi connectivity index (χ2n) is 7.41. The van der Waals surface area contributed by atoms with Crippen LogP contribution in [0.3, 0.4) is 0 Å². The lowest BCUT2D eigenvalue weighted by Gasteiger charge is -2.35. The van der Waals surface area contributed by atoms with E-state index in [1.165, 1.54) is 27.6 Å². The fourth-order valence-corrected chi connectivity index (χ4v) is 5.51. The molecule has 0 aliphatic carbocycles. The van der Waals surface area contributed by atoms with Gasteiger partial charge in [-0.05, 0) is 54.7 Å². The minimum atomic E-state index is -3.65. The Morgan fingerprint density at radius 1 is 0.929 bits per heavy atom. The van der Waals surface area contributed by atoms with Crippen molar-refractivity contribution in [3.8, 4) is 0 Å². The predicted octanol–water partition coefficient (Wildman–Crippen LogP) is 2.81. The van der Waals surface area contributed by atoms with E-state index in [0.29, 0.717) is 39.0 Å². The van der Waals surface area contributed by atoms with Crippen LogP contribution in [0.1, 0.15) is 24.0 Å². The number of sulfonamides is 1. The molecule has 0 radical (unpaired) electrons. The number of halogens is 1. The summed E-state index contributed by atoms with van der Waals surface area (Å²) >= 11 is 0. The lowest BCUT2D eigenvalue weighted by Crippen LogP contribution is -2.45. The molecule has 4 rings (SSSR count). The number of hydrogen-bond donors (Lipinski definition) is 0. The topological polar surface area (TPSA) is 57.7 Å². The van der Waals surface area contributed by atoms with E-state index in [1.807, 2.05) is 17.0 Å². The van der Waals surface area contributed by atoms with Crippen molar-refractivity contribution in [1.29, 1.82) is 0 Å². The van der Waals surface area contributed by atoms with Crippen LogP contribution in [0.5, 0.6) is 0 Å². The molecule has 2 aliphatic heterocycles. The summed E-state index contributed by atoms with van der Waals surface area (Å²) < 4.78 is 39.9. The zero-order chi connectivity index (χ0) is 19.7. The van der Waals surface area contributed by atoms with Crippen molar-refractivity contribution in [1.82, 2.24) is 9.21 Å². The van der Waals surface area contributed by atoms with Crippen LogP contribution in [-0.4, -0.2) is 43.2 Å². The molecule has 28 heavy (non-hydrogen) atoms. The standard InChI is InChI=1S/C21H23FN2O3S/c22-19-5-7-20(8-6-19)28(26,27)24-13-10-17(11-14-24)21(25)23-12-9-16-3-1-2-4-18(16)15-23/h1-8,17H,9-15H2. The third-order valence-corrected chi connectivity index (χ3v) is 7.61. The normalized spacial score (nSPS) is 18.7. The van der Waals surface area contributed by atoms with Gasteiger partial charge in [0, 0.05) is 32.1 Å². The van der Waals surface area contributed by atoms with Crippen molar-refractivity contribution in [3.05, 3.63) is 65.5 Å². The molecular formula is C21H23FN2O3S. The number of rotatable bonds is 3. The van der Waals surface area contributed by atoms with Gasteiger partial charge in [0.1, 0.15) is 5.82 Å². The Kier molecular flexibility index (Phi) is 5.21. The summed E-state index contributed by atoms with van der Waals surface area (Å²) in [4.78, 5) is 14.9. The van der Waals surface area contributed by atoms with Crippen molar-refractivity contribution >= 4 is 15.9 Å². The summed E-state index contributed by atoms with van der Waals surface area (Å²) in [6, 6.07) is 13.1. The molecule has 0 atom stereocenters. The highest BCUT2D eigenvalue weighted by Crippen LogP contribution is 2.27. The summed E-state index contributed by atoms with van der Waals surface area (Å²) in [5.41, 5.74) is 2.49. The Bertz CT molecular complexity index is 967. The van der Waals surface area contributed by atoms with E-state index >= 15 is 0 Å². The van der Waals surface area contributed by atoms with Crippen molar-refractivity contribution < 1.29 is 17.6 Å². The third-order valence-electron chi connectivity index (χ3n) is 5.70. The molecule has 2 aromatic carbocycles. The largest absolute Gasteiger partial charge is 0.338 e. The van der Waals surface area contributed by atoms with Gasteiger partial charge in [0.25, 0.3) is 0 Å². The van der Waals surface area contributed by atoms with Crippen molar-refractivity contribution in [2.45, 2.75) is 30.7 Å². The zero-order valence-electron chi connectivity index (χ0n) is 15.6. The summed E-state index contributed by atoms with van der Waals surface area (Å²) in [5, 5.41) is 0. The first-order valence-electron chi connectivity index (χ1n) is 9.56. The first-order chi connectivity index (χ1) is 13.4. The highest BCUT2D eigenvalue weighted by Gasteiger charge is 2.34. The molecule has 1 fully saturated rings. The first-order valence-corrected chi connectivity index (χ1v) is 11.0. The molecule has 148 valence electrons. The molecule has 1 amide bonds. The van der Waals surface area contributed by atoms with E-state index in [-0.39, 0.29) is 16.7 Å². The molecule has 0 saturated carbocycles. The predicted molar refractivity (Wildman–Crippen MR) is 103 cm³/mol. The van der Waals surface area contributed by atoms with Gasteiger partial charge >= 0.3 is 0 Å². The molecule has 2 aromatic rings. The van der Waals surface area contributed by atoms with Gasteiger partial charge in [0.15, 0.2) is 0 Å². The molecule has 7 heteroatoms. The van der Waals surface area contributed by atoms with Gasteiger partial charge in [-0.3, -0.25) is 4.79 Å². The van der Waals surface area contributed by atoms with Crippen LogP contribution in [0.4, 0.5) is 4.39 Å². The summed E-state index contributed by atoms with van der Waals surface area (Å²) in [6.07, 6.45) is 1.88. The van der Waals surface area contributed by atoms with Crippen molar-refractivity contribution in [3.63, 3.8) is 0 Å². The Morgan fingerprint density at radius 2 is 1.57 bits per heavy atom. The minimum Gasteiger partial charge on any atom is -0.338 e. The van der Waals surface area contributed by atoms with E-state index in [9.17, 15) is 17.6 Å². The molecule has 1 saturated heterocycles. The first kappa shape index (κ1) is 19.1. The Hall–Kier alpha value is -2.25. The molecule has 5 nitrogen and oxygen atoms in total. The van der Waals surface area contributed by atoms with Gasteiger partial charge in [0.2, 0.25) is 15.9 Å². The van der Waals surface area contributed by atoms with Crippen LogP contribution in [0.2, 0.25) is 0 Å². The van der Waals surface area contributed by atoms with Gasteiger partial charge in [0.05, 0.1) is 4.90 Å². The smallest absolute Gasteiger partial charge is 0.243 e. The second-order valence-corrected chi connectivity index (χ2v) is 9.35. The Labute approximate surface area is 164 Å². The van der Waals surface area contributed by atoms with Crippen molar-refractivity contribution in [2.24, 2.45) is 5.92 Å². The van der Waals surface area contributed by atoms with Gasteiger partial charge in [-0.2, -0.15) is 4.31 Å². The second kappa shape index (κ2) is 7.64. The van der Waals surface area contributed by atoms with Gasteiger partial charge in [-0.15, -0.1) is 0 Å². The maximum Gasteiger partial charge on any atom is 0.243 e. The van der Waals surface area contributed by atoms with Gasteiger partial charge in [-0.1, -0.05) is 24.3 Å². The quantitative estimate of drug-likeness (QED) is 0.793. The fourth-order valence-electron chi connectivity index (χ4n) is 4.04. The highest BCUT2D eigenvalue weighted by molar-refractivity contribution is 7.89. The highest BCUT2D eigenvalue weighted by atomic mass is 32.2. The SMILES string of the molecule is O=C(C1CCN(S(=O)(=O)c2ccc(F)cc2)CC1)N1CCc2ccccc2C1. The average molecular weight is 402 g/mol. The number of nitrogens with zero attached hydrogens (tertiary/aromatic N) is 2. The van der Waals surface area contributed by atoms with E-state index in [0.717, 1.165) is 18.6 Å². The average Bonchev–Trinajstić information content (AvgIpc) is 2.73. The molecule has 0 bridgehead atoms. The maximum atomic E-state index is 13.1. The van der Waals surface area contributed by atoms with E-state index in [2.05, 4.69) is 12.1 Å². The van der Waals surface area contributed by atoms with E-state index in [4.69, 9.17) is 0 Å². The monoisotopic (exact) mass is 402 g/mol. The van der Waals surface area contributed by atoms with Crippen LogP contribution in [0.15, 0.2) is 53.4 Å². The summed E-state index contributed by atoms with van der Waals surface area (Å²) in [5.74, 6) is -0.496. The number of amides is 1. The van der Waals surface area contributed by atoms with Gasteiger partial charge < -0.3 is 4.90 Å². The number of hydrogen-bond acceptors (Lipinski definition) is 3. The number of piperidine rings is 1. The Balaban J connectivity index is 1.39. The molecule has 2 aliphatic rings. The number of carbonyl (C=O) groups excluding carboxylic acids is 1. The molecule has 0 N–H and O–H groups in total. The van der Waals surface area contributed by atoms with Crippen molar-refractivity contribution in [2.75, 3.05) is 19.6 Å². The van der Waals surface area contributed by atoms with Gasteiger partial charge in [-0.25, -0.2) is 12.8 Å². The lowest BCUT2D eigenvalue weighted by molar-refractivity contribution is -0.137. The maximum absolute atomic E-state index is 13.1. The zero-order valence-corrected chi connectivity index (χ0v) is 16.4. The molecular weight excluding hydrogens is 379 g/mol. The number of carbonyl (C=O) groups is 1. The van der Waals surface area contributed by atoms with E-state index in [1.54, 1.807) is 0 Å². The fraction of sp³-hybridized carbons (Fsp3) is 0.381. The Morgan fingerprint density at radius 3 is 2.25 bits per heavy atom. The van der Waals surface area contributed by atoms with Crippen LogP contribution in [0.25, 0.3) is 0 Å². The van der Waals surface area contributed by atoms with Crippen LogP contribution >= 0.6 is 0 Å².